The van der Waals surface area contributed by atoms with E-state index in [1.54, 1.807) is 12.1 Å². The molecule has 0 aliphatic carbocycles. The zero-order chi connectivity index (χ0) is 45.5. The summed E-state index contributed by atoms with van der Waals surface area (Å²) in [6.07, 6.45) is 1.09. The minimum Gasteiger partial charge on any atom is -0.388 e. The predicted molar refractivity (Wildman–Crippen MR) is 244 cm³/mol. The maximum Gasteiger partial charge on any atom is 0.501 e. The quantitative estimate of drug-likeness (QED) is 0.0818. The standard InChI is InChI=1S/C46H48ClF3N4O7S3/c47-35-14-10-32(11-15-35)40-8-4-5-9-41(40)44(55)33-20-24-54(25-21-33)37-16-12-34(13-17-37)45(56)52-64(59,60)39-18-19-42(43(30-39)63(57,58)46(48,49)50)51-36(22-23-53-26-28-61-29-27-53)31-62-38-6-2-1-3-7-38/h1-19,30,33,36,44,51,55H,20-29,31H2,(H,52,56)/t36?,44-/m1/s1. The van der Waals surface area contributed by atoms with E-state index in [1.807, 2.05) is 83.6 Å². The van der Waals surface area contributed by atoms with Crippen molar-refractivity contribution in [1.82, 2.24) is 9.62 Å². The topological polar surface area (TPSA) is 145 Å². The van der Waals surface area contributed by atoms with Gasteiger partial charge in [0.05, 0.1) is 29.9 Å². The number of amides is 1. The molecule has 5 aromatic carbocycles. The van der Waals surface area contributed by atoms with E-state index in [4.69, 9.17) is 16.3 Å². The van der Waals surface area contributed by atoms with Crippen molar-refractivity contribution < 1.29 is 44.6 Å². The van der Waals surface area contributed by atoms with Crippen molar-refractivity contribution in [3.8, 4) is 11.1 Å². The van der Waals surface area contributed by atoms with Crippen molar-refractivity contribution in [2.24, 2.45) is 5.92 Å². The highest BCUT2D eigenvalue weighted by molar-refractivity contribution is 7.99. The van der Waals surface area contributed by atoms with Gasteiger partial charge in [0.2, 0.25) is 0 Å². The van der Waals surface area contributed by atoms with Crippen molar-refractivity contribution in [3.05, 3.63) is 137 Å². The van der Waals surface area contributed by atoms with E-state index in [0.29, 0.717) is 82.0 Å². The van der Waals surface area contributed by atoms with Gasteiger partial charge in [-0.1, -0.05) is 66.2 Å². The summed E-state index contributed by atoms with van der Waals surface area (Å²) in [6, 6.07) is 32.6. The molecule has 64 heavy (non-hydrogen) atoms. The lowest BCUT2D eigenvalue weighted by atomic mass is 9.84. The van der Waals surface area contributed by atoms with Gasteiger partial charge < -0.3 is 20.1 Å². The zero-order valence-electron chi connectivity index (χ0n) is 34.6. The first-order valence-corrected chi connectivity index (χ1v) is 25.1. The minimum atomic E-state index is -6.07. The average molecular weight is 958 g/mol. The maximum absolute atomic E-state index is 14.2. The van der Waals surface area contributed by atoms with E-state index in [2.05, 4.69) is 15.1 Å². The fourth-order valence-electron chi connectivity index (χ4n) is 7.87. The summed E-state index contributed by atoms with van der Waals surface area (Å²) in [6.45, 7) is 4.20. The van der Waals surface area contributed by atoms with Crippen LogP contribution in [0.25, 0.3) is 11.1 Å². The van der Waals surface area contributed by atoms with E-state index in [9.17, 15) is 39.9 Å². The molecular formula is C46H48ClF3N4O7S3. The summed E-state index contributed by atoms with van der Waals surface area (Å²) in [5, 5.41) is 15.1. The van der Waals surface area contributed by atoms with Crippen LogP contribution < -0.4 is 14.9 Å². The highest BCUT2D eigenvalue weighted by atomic mass is 35.5. The Labute approximate surface area is 380 Å². The number of anilines is 2. The SMILES string of the molecule is O=C(NS(=O)(=O)c1ccc(NC(CCN2CCOCC2)CSc2ccccc2)c(S(=O)(=O)C(F)(F)F)c1)c1ccc(N2CCC([C@@H](O)c3ccccc3-c3ccc(Cl)cc3)CC2)cc1. The number of aliphatic hydroxyl groups excluding tert-OH is 1. The average Bonchev–Trinajstić information content (AvgIpc) is 3.30. The minimum absolute atomic E-state index is 0.0168. The van der Waals surface area contributed by atoms with Gasteiger partial charge in [0, 0.05) is 65.7 Å². The third-order valence-electron chi connectivity index (χ3n) is 11.5. The van der Waals surface area contributed by atoms with Gasteiger partial charge in [-0.2, -0.15) is 13.2 Å². The van der Waals surface area contributed by atoms with Gasteiger partial charge in [-0.15, -0.1) is 11.8 Å². The number of alkyl halides is 3. The zero-order valence-corrected chi connectivity index (χ0v) is 37.8. The summed E-state index contributed by atoms with van der Waals surface area (Å²) in [5.74, 6) is -0.718. The van der Waals surface area contributed by atoms with E-state index >= 15 is 0 Å². The molecule has 2 aliphatic rings. The van der Waals surface area contributed by atoms with Crippen LogP contribution in [0.2, 0.25) is 5.02 Å². The van der Waals surface area contributed by atoms with Crippen LogP contribution in [0.3, 0.4) is 0 Å². The number of aliphatic hydroxyl groups is 1. The van der Waals surface area contributed by atoms with Gasteiger partial charge >= 0.3 is 5.51 Å². The normalized spacial score (nSPS) is 16.5. The highest BCUT2D eigenvalue weighted by Crippen LogP contribution is 2.39. The van der Waals surface area contributed by atoms with Gasteiger partial charge in [0.25, 0.3) is 25.8 Å². The summed E-state index contributed by atoms with van der Waals surface area (Å²) in [4.78, 5) is 16.3. The van der Waals surface area contributed by atoms with Crippen LogP contribution in [-0.4, -0.2) is 96.0 Å². The molecule has 2 heterocycles. The first-order valence-electron chi connectivity index (χ1n) is 20.7. The second kappa shape index (κ2) is 20.7. The van der Waals surface area contributed by atoms with Crippen LogP contribution in [0.4, 0.5) is 24.5 Å². The summed E-state index contributed by atoms with van der Waals surface area (Å²) < 4.78 is 103. The number of carbonyl (C=O) groups excluding carboxylic acids is 1. The molecular weight excluding hydrogens is 909 g/mol. The molecule has 3 N–H and O–H groups in total. The number of piperidine rings is 1. The summed E-state index contributed by atoms with van der Waals surface area (Å²) >= 11 is 7.54. The number of benzene rings is 5. The van der Waals surface area contributed by atoms with Crippen LogP contribution in [0, 0.1) is 5.92 Å². The number of rotatable bonds is 16. The molecule has 0 bridgehead atoms. The Hall–Kier alpha value is -4.62. The molecule has 11 nitrogen and oxygen atoms in total. The van der Waals surface area contributed by atoms with Crippen LogP contribution in [-0.2, 0) is 24.6 Å². The predicted octanol–water partition coefficient (Wildman–Crippen LogP) is 8.66. The van der Waals surface area contributed by atoms with Crippen molar-refractivity contribution in [2.75, 3.05) is 61.9 Å². The van der Waals surface area contributed by atoms with Crippen molar-refractivity contribution in [3.63, 3.8) is 0 Å². The number of halogens is 4. The van der Waals surface area contributed by atoms with Crippen LogP contribution in [0.1, 0.15) is 41.3 Å². The molecule has 2 atom stereocenters. The Morgan fingerprint density at radius 3 is 2.17 bits per heavy atom. The molecule has 0 radical (unpaired) electrons. The number of sulfone groups is 1. The molecule has 0 saturated carbocycles. The second-order valence-electron chi connectivity index (χ2n) is 15.7. The van der Waals surface area contributed by atoms with Crippen LogP contribution >= 0.6 is 23.4 Å². The summed E-state index contributed by atoms with van der Waals surface area (Å²) in [5.41, 5.74) is -2.73. The van der Waals surface area contributed by atoms with Gasteiger partial charge in [-0.3, -0.25) is 9.69 Å². The van der Waals surface area contributed by atoms with Crippen LogP contribution in [0.5, 0.6) is 0 Å². The first kappa shape index (κ1) is 47.3. The van der Waals surface area contributed by atoms with E-state index in [-0.39, 0.29) is 11.5 Å². The number of ether oxygens (including phenoxy) is 1. The number of sulfonamides is 1. The van der Waals surface area contributed by atoms with Crippen molar-refractivity contribution in [1.29, 1.82) is 0 Å². The van der Waals surface area contributed by atoms with Crippen LogP contribution in [0.15, 0.2) is 136 Å². The van der Waals surface area contributed by atoms with Gasteiger partial charge in [0.15, 0.2) is 0 Å². The van der Waals surface area contributed by atoms with Crippen molar-refractivity contribution >= 4 is 60.5 Å². The molecule has 18 heteroatoms. The Balaban J connectivity index is 1.02. The largest absolute Gasteiger partial charge is 0.501 e. The fourth-order valence-corrected chi connectivity index (χ4v) is 11.0. The highest BCUT2D eigenvalue weighted by Gasteiger charge is 2.48. The van der Waals surface area contributed by atoms with Gasteiger partial charge in [-0.25, -0.2) is 21.6 Å². The van der Waals surface area contributed by atoms with E-state index in [0.717, 1.165) is 39.4 Å². The molecule has 0 spiro atoms. The molecule has 7 rings (SSSR count). The third kappa shape index (κ3) is 11.6. The Bertz CT molecular complexity index is 2590. The number of hydrogen-bond acceptors (Lipinski definition) is 11. The fraction of sp³-hybridized carbons (Fsp3) is 0.326. The Kier molecular flexibility index (Phi) is 15.3. The molecule has 340 valence electrons. The lowest BCUT2D eigenvalue weighted by Gasteiger charge is -2.36. The molecule has 0 aromatic heterocycles. The summed E-state index contributed by atoms with van der Waals surface area (Å²) in [7, 11) is -10.9. The van der Waals surface area contributed by atoms with E-state index in [1.165, 1.54) is 23.9 Å². The number of thioether (sulfide) groups is 1. The molecule has 1 amide bonds. The van der Waals surface area contributed by atoms with Crippen molar-refractivity contribution in [2.45, 2.75) is 51.6 Å². The second-order valence-corrected chi connectivity index (χ2v) is 20.8. The Morgan fingerprint density at radius 1 is 0.844 bits per heavy atom. The first-order chi connectivity index (χ1) is 30.6. The molecule has 2 fully saturated rings. The third-order valence-corrected chi connectivity index (χ3v) is 15.7. The molecule has 1 unspecified atom stereocenters. The number of nitrogens with zero attached hydrogens (tertiary/aromatic N) is 2. The number of hydrogen-bond donors (Lipinski definition) is 3. The number of nitrogens with one attached hydrogen (secondary N) is 2. The van der Waals surface area contributed by atoms with Gasteiger partial charge in [0.1, 0.15) is 4.90 Å². The smallest absolute Gasteiger partial charge is 0.388 e. The van der Waals surface area contributed by atoms with Gasteiger partial charge in [-0.05, 0) is 109 Å². The maximum atomic E-state index is 14.2. The molecule has 2 saturated heterocycles. The molecule has 5 aromatic rings. The lowest BCUT2D eigenvalue weighted by Crippen LogP contribution is -2.39. The number of morpholine rings is 1. The molecule has 2 aliphatic heterocycles. The monoisotopic (exact) mass is 956 g/mol. The number of carbonyl (C=O) groups is 1. The lowest BCUT2D eigenvalue weighted by molar-refractivity contribution is -0.0435. The van der Waals surface area contributed by atoms with E-state index < -0.39 is 58.9 Å². The Morgan fingerprint density at radius 2 is 1.50 bits per heavy atom.